The predicted molar refractivity (Wildman–Crippen MR) is 25.0 cm³/mol. The fourth-order valence-corrected chi connectivity index (χ4v) is 0.281. The molecule has 0 unspecified atom stereocenters. The number of alkyl halides is 3. The summed E-state index contributed by atoms with van der Waals surface area (Å²) >= 11 is 0. The molecule has 1 N–H and O–H groups in total. The molecule has 0 aromatic heterocycles. The second-order valence-corrected chi connectivity index (χ2v) is 1.33. The number of hydrogen-bond donors (Lipinski definition) is 1. The molecule has 0 radical (unpaired) electrons. The molecule has 0 aromatic carbocycles. The van der Waals surface area contributed by atoms with Crippen LogP contribution in [0.25, 0.3) is 0 Å². The summed E-state index contributed by atoms with van der Waals surface area (Å²) in [5.41, 5.74) is 0. The van der Waals surface area contributed by atoms with Crippen LogP contribution in [0.4, 0.5) is 13.2 Å². The molecular weight excluding hydrogens is 153 g/mol. The van der Waals surface area contributed by atoms with E-state index in [1.165, 1.54) is 0 Å². The van der Waals surface area contributed by atoms with Crippen LogP contribution < -0.4 is 0 Å². The van der Waals surface area contributed by atoms with E-state index in [9.17, 15) is 13.2 Å². The highest BCUT2D eigenvalue weighted by atomic mass is 19.4. The van der Waals surface area contributed by atoms with E-state index in [0.717, 1.165) is 0 Å². The maximum Gasteiger partial charge on any atom is 0.522 e. The van der Waals surface area contributed by atoms with E-state index in [1.807, 2.05) is 0 Å². The summed E-state index contributed by atoms with van der Waals surface area (Å²) in [4.78, 5) is 0. The smallest absolute Gasteiger partial charge is 0.371 e. The minimum absolute atomic E-state index is 0.268. The molecule has 0 saturated heterocycles. The summed E-state index contributed by atoms with van der Waals surface area (Å²) in [5.74, 6) is 0. The van der Waals surface area contributed by atoms with E-state index in [0.29, 0.717) is 0 Å². The van der Waals surface area contributed by atoms with Crippen molar-refractivity contribution in [3.8, 4) is 0 Å². The molecule has 0 aliphatic heterocycles. The Kier molecular flexibility index (Phi) is 4.33. The van der Waals surface area contributed by atoms with E-state index in [1.54, 1.807) is 0 Å². The summed E-state index contributed by atoms with van der Waals surface area (Å²) in [6, 6.07) is 0. The van der Waals surface area contributed by atoms with Gasteiger partial charge in [0.05, 0.1) is 13.2 Å². The molecule has 0 heterocycles. The average molecular weight is 160 g/mol. The van der Waals surface area contributed by atoms with E-state index in [4.69, 9.17) is 5.11 Å². The molecular formula is C4H7F3O3. The normalized spacial score (nSPS) is 12.0. The van der Waals surface area contributed by atoms with Crippen LogP contribution in [0.3, 0.4) is 0 Å². The lowest BCUT2D eigenvalue weighted by molar-refractivity contribution is -0.327. The Balaban J connectivity index is 3.04. The van der Waals surface area contributed by atoms with Crippen LogP contribution in [0.15, 0.2) is 0 Å². The van der Waals surface area contributed by atoms with Gasteiger partial charge in [-0.2, -0.15) is 0 Å². The van der Waals surface area contributed by atoms with Crippen molar-refractivity contribution in [2.24, 2.45) is 0 Å². The number of aliphatic hydroxyl groups excluding tert-OH is 1. The Morgan fingerprint density at radius 2 is 1.80 bits per heavy atom. The van der Waals surface area contributed by atoms with E-state index in [2.05, 4.69) is 9.47 Å². The fourth-order valence-electron chi connectivity index (χ4n) is 0.281. The zero-order valence-electron chi connectivity index (χ0n) is 5.02. The summed E-state index contributed by atoms with van der Waals surface area (Å²) in [5, 5.41) is 7.94. The molecule has 10 heavy (non-hydrogen) atoms. The average Bonchev–Trinajstić information content (AvgIpc) is 1.78. The second kappa shape index (κ2) is 4.48. The summed E-state index contributed by atoms with van der Waals surface area (Å²) < 4.78 is 40.9. The molecule has 0 spiro atoms. The number of aliphatic hydroxyl groups is 1. The first-order chi connectivity index (χ1) is 4.56. The van der Waals surface area contributed by atoms with Gasteiger partial charge in [-0.05, 0) is 0 Å². The summed E-state index contributed by atoms with van der Waals surface area (Å²) in [6.07, 6.45) is -4.61. The Bertz CT molecular complexity index is 82.3. The van der Waals surface area contributed by atoms with Gasteiger partial charge in [0.15, 0.2) is 0 Å². The quantitative estimate of drug-likeness (QED) is 0.480. The predicted octanol–water partition coefficient (Wildman–Crippen LogP) is 0.489. The molecule has 3 nitrogen and oxygen atoms in total. The molecule has 62 valence electrons. The van der Waals surface area contributed by atoms with Gasteiger partial charge in [0, 0.05) is 0 Å². The number of rotatable bonds is 4. The van der Waals surface area contributed by atoms with Crippen LogP contribution >= 0.6 is 0 Å². The minimum atomic E-state index is -4.61. The molecule has 0 rings (SSSR count). The van der Waals surface area contributed by atoms with Crippen molar-refractivity contribution in [3.05, 3.63) is 0 Å². The zero-order valence-corrected chi connectivity index (χ0v) is 5.02. The number of ether oxygens (including phenoxy) is 2. The molecule has 0 amide bonds. The highest BCUT2D eigenvalue weighted by Crippen LogP contribution is 2.15. The highest BCUT2D eigenvalue weighted by molar-refractivity contribution is 4.29. The maximum atomic E-state index is 11.1. The Morgan fingerprint density at radius 3 is 2.20 bits per heavy atom. The van der Waals surface area contributed by atoms with E-state index >= 15 is 0 Å². The second-order valence-electron chi connectivity index (χ2n) is 1.33. The number of hydrogen-bond acceptors (Lipinski definition) is 3. The van der Waals surface area contributed by atoms with Gasteiger partial charge in [0.25, 0.3) is 0 Å². The topological polar surface area (TPSA) is 38.7 Å². The number of halogens is 3. The highest BCUT2D eigenvalue weighted by Gasteiger charge is 2.28. The van der Waals surface area contributed by atoms with Gasteiger partial charge in [0.2, 0.25) is 0 Å². The van der Waals surface area contributed by atoms with Crippen LogP contribution in [0.1, 0.15) is 0 Å². The first-order valence-electron chi connectivity index (χ1n) is 2.45. The van der Waals surface area contributed by atoms with Gasteiger partial charge >= 0.3 is 6.36 Å². The fraction of sp³-hybridized carbons (Fsp3) is 1.00. The largest absolute Gasteiger partial charge is 0.522 e. The Labute approximate surface area is 55.4 Å². The lowest BCUT2D eigenvalue weighted by atomic mass is 10.8. The van der Waals surface area contributed by atoms with Gasteiger partial charge in [-0.15, -0.1) is 13.2 Å². The van der Waals surface area contributed by atoms with Crippen LogP contribution in [0, 0.1) is 0 Å². The standard InChI is InChI=1S/C4H7F3O3/c5-4(6,7)10-2-1-9-3-8/h8H,1-3H2. The van der Waals surface area contributed by atoms with Gasteiger partial charge in [0.1, 0.15) is 6.79 Å². The van der Waals surface area contributed by atoms with Gasteiger partial charge in [-0.1, -0.05) is 0 Å². The lowest BCUT2D eigenvalue weighted by Gasteiger charge is -2.05. The van der Waals surface area contributed by atoms with Crippen molar-refractivity contribution in [2.45, 2.75) is 6.36 Å². The molecule has 0 aliphatic carbocycles. The van der Waals surface area contributed by atoms with Crippen molar-refractivity contribution in [1.29, 1.82) is 0 Å². The van der Waals surface area contributed by atoms with E-state index in [-0.39, 0.29) is 6.61 Å². The molecule has 0 fully saturated rings. The molecule has 0 aromatic rings. The summed E-state index contributed by atoms with van der Waals surface area (Å²) in [7, 11) is 0. The third-order valence-corrected chi connectivity index (χ3v) is 0.585. The van der Waals surface area contributed by atoms with Crippen molar-refractivity contribution in [3.63, 3.8) is 0 Å². The van der Waals surface area contributed by atoms with Crippen LogP contribution in [-0.2, 0) is 9.47 Å². The zero-order chi connectivity index (χ0) is 8.04. The van der Waals surface area contributed by atoms with Crippen molar-refractivity contribution < 1.29 is 27.8 Å². The third kappa shape index (κ3) is 7.67. The van der Waals surface area contributed by atoms with Crippen LogP contribution in [0.5, 0.6) is 0 Å². The van der Waals surface area contributed by atoms with E-state index < -0.39 is 19.8 Å². The monoisotopic (exact) mass is 160 g/mol. The Morgan fingerprint density at radius 1 is 1.20 bits per heavy atom. The van der Waals surface area contributed by atoms with Crippen molar-refractivity contribution in [1.82, 2.24) is 0 Å². The van der Waals surface area contributed by atoms with Gasteiger partial charge in [-0.25, -0.2) is 0 Å². The summed E-state index contributed by atoms with van der Waals surface area (Å²) in [6.45, 7) is -1.46. The van der Waals surface area contributed by atoms with Crippen LogP contribution in [-0.4, -0.2) is 31.5 Å². The lowest BCUT2D eigenvalue weighted by Crippen LogP contribution is -2.17. The first kappa shape index (κ1) is 9.67. The molecule has 0 atom stereocenters. The molecule has 0 aliphatic rings. The van der Waals surface area contributed by atoms with Crippen LogP contribution in [0.2, 0.25) is 0 Å². The minimum Gasteiger partial charge on any atom is -0.371 e. The molecule has 0 bridgehead atoms. The maximum absolute atomic E-state index is 11.1. The van der Waals surface area contributed by atoms with Gasteiger partial charge in [-0.3, -0.25) is 4.74 Å². The Hall–Kier alpha value is -0.330. The first-order valence-corrected chi connectivity index (χ1v) is 2.45. The van der Waals surface area contributed by atoms with Crippen molar-refractivity contribution >= 4 is 0 Å². The van der Waals surface area contributed by atoms with Crippen molar-refractivity contribution in [2.75, 3.05) is 20.0 Å². The SMILES string of the molecule is OCOCCOC(F)(F)F. The molecule has 0 saturated carbocycles. The third-order valence-electron chi connectivity index (χ3n) is 0.585. The molecule has 6 heteroatoms. The van der Waals surface area contributed by atoms with Gasteiger partial charge < -0.3 is 9.84 Å².